The summed E-state index contributed by atoms with van der Waals surface area (Å²) in [4.78, 5) is 24.0. The number of likely N-dealkylation sites (tertiary alicyclic amines) is 1. The molecule has 1 fully saturated rings. The maximum absolute atomic E-state index is 11.8. The summed E-state index contributed by atoms with van der Waals surface area (Å²) in [5, 5.41) is 11.5. The first-order valence-electron chi connectivity index (χ1n) is 6.96. The first-order chi connectivity index (χ1) is 10.1. The van der Waals surface area contributed by atoms with Crippen molar-refractivity contribution >= 4 is 12.0 Å². The molecule has 0 radical (unpaired) electrons. The zero-order valence-corrected chi connectivity index (χ0v) is 12.0. The maximum Gasteiger partial charge on any atom is 0.317 e. The molecule has 2 N–H and O–H groups in total. The highest BCUT2D eigenvalue weighted by Gasteiger charge is 2.31. The van der Waals surface area contributed by atoms with Crippen LogP contribution in [0.25, 0.3) is 0 Å². The lowest BCUT2D eigenvalue weighted by molar-refractivity contribution is -0.139. The number of aliphatic carboxylic acids is 1. The SMILES string of the molecule is COc1cccc(CCNC(=O)N2CC(CC(=O)O)C2)c1. The number of carbonyl (C=O) groups excluding carboxylic acids is 1. The van der Waals surface area contributed by atoms with Crippen molar-refractivity contribution in [2.24, 2.45) is 5.92 Å². The number of rotatable bonds is 6. The average molecular weight is 292 g/mol. The van der Waals surface area contributed by atoms with Gasteiger partial charge in [0, 0.05) is 25.6 Å². The second-order valence-electron chi connectivity index (χ2n) is 5.20. The fourth-order valence-electron chi connectivity index (χ4n) is 2.37. The summed E-state index contributed by atoms with van der Waals surface area (Å²) in [6.45, 7) is 1.60. The molecule has 1 aromatic rings. The Morgan fingerprint density at radius 2 is 2.19 bits per heavy atom. The van der Waals surface area contributed by atoms with Gasteiger partial charge in [-0.2, -0.15) is 0 Å². The molecule has 0 atom stereocenters. The third kappa shape index (κ3) is 4.37. The van der Waals surface area contributed by atoms with Crippen molar-refractivity contribution in [3.8, 4) is 5.75 Å². The summed E-state index contributed by atoms with van der Waals surface area (Å²) in [5.41, 5.74) is 1.10. The number of carboxylic acids is 1. The van der Waals surface area contributed by atoms with Gasteiger partial charge in [0.15, 0.2) is 0 Å². The lowest BCUT2D eigenvalue weighted by Gasteiger charge is -2.38. The Labute approximate surface area is 123 Å². The van der Waals surface area contributed by atoms with Crippen LogP contribution in [0, 0.1) is 5.92 Å². The van der Waals surface area contributed by atoms with E-state index in [2.05, 4.69) is 5.32 Å². The quantitative estimate of drug-likeness (QED) is 0.829. The van der Waals surface area contributed by atoms with Crippen LogP contribution in [0.1, 0.15) is 12.0 Å². The van der Waals surface area contributed by atoms with Crippen molar-refractivity contribution < 1.29 is 19.4 Å². The van der Waals surface area contributed by atoms with E-state index in [-0.39, 0.29) is 18.4 Å². The van der Waals surface area contributed by atoms with Gasteiger partial charge in [0.1, 0.15) is 5.75 Å². The Kier molecular flexibility index (Phi) is 5.03. The van der Waals surface area contributed by atoms with Crippen molar-refractivity contribution in [2.75, 3.05) is 26.7 Å². The summed E-state index contributed by atoms with van der Waals surface area (Å²) in [7, 11) is 1.62. The van der Waals surface area contributed by atoms with Crippen LogP contribution >= 0.6 is 0 Å². The summed E-state index contributed by atoms with van der Waals surface area (Å²) >= 11 is 0. The molecule has 0 unspecified atom stereocenters. The fourth-order valence-corrected chi connectivity index (χ4v) is 2.37. The number of amides is 2. The zero-order chi connectivity index (χ0) is 15.2. The second kappa shape index (κ2) is 6.97. The Hall–Kier alpha value is -2.24. The van der Waals surface area contributed by atoms with E-state index in [0.717, 1.165) is 17.7 Å². The molecule has 6 heteroatoms. The predicted molar refractivity (Wildman–Crippen MR) is 77.4 cm³/mol. The number of carboxylic acid groups (broad SMARTS) is 1. The van der Waals surface area contributed by atoms with Crippen LogP contribution in [0.15, 0.2) is 24.3 Å². The molecule has 1 saturated heterocycles. The summed E-state index contributed by atoms with van der Waals surface area (Å²) < 4.78 is 5.15. The maximum atomic E-state index is 11.8. The molecule has 0 aliphatic carbocycles. The van der Waals surface area contributed by atoms with Crippen molar-refractivity contribution in [2.45, 2.75) is 12.8 Å². The lowest BCUT2D eigenvalue weighted by atomic mass is 9.97. The Balaban J connectivity index is 1.67. The Morgan fingerprint density at radius 3 is 2.86 bits per heavy atom. The van der Waals surface area contributed by atoms with E-state index in [1.807, 2.05) is 24.3 Å². The van der Waals surface area contributed by atoms with E-state index < -0.39 is 5.97 Å². The van der Waals surface area contributed by atoms with Crippen molar-refractivity contribution in [1.29, 1.82) is 0 Å². The molecular weight excluding hydrogens is 272 g/mol. The van der Waals surface area contributed by atoms with Gasteiger partial charge >= 0.3 is 12.0 Å². The molecule has 2 rings (SSSR count). The standard InChI is InChI=1S/C15H20N2O4/c1-21-13-4-2-3-11(7-13)5-6-16-15(20)17-9-12(10-17)8-14(18)19/h2-4,7,12H,5-6,8-10H2,1H3,(H,16,20)(H,18,19). The molecule has 1 aromatic carbocycles. The van der Waals surface area contributed by atoms with Gasteiger partial charge in [0.25, 0.3) is 0 Å². The number of hydrogen-bond acceptors (Lipinski definition) is 3. The molecular formula is C15H20N2O4. The second-order valence-corrected chi connectivity index (χ2v) is 5.20. The van der Waals surface area contributed by atoms with E-state index in [1.165, 1.54) is 0 Å². The van der Waals surface area contributed by atoms with Gasteiger partial charge in [0.2, 0.25) is 0 Å². The molecule has 0 bridgehead atoms. The van der Waals surface area contributed by atoms with E-state index in [9.17, 15) is 9.59 Å². The summed E-state index contributed by atoms with van der Waals surface area (Å²) in [5.74, 6) is 0.0859. The molecule has 0 saturated carbocycles. The van der Waals surface area contributed by atoms with Gasteiger partial charge in [-0.25, -0.2) is 4.79 Å². The highest BCUT2D eigenvalue weighted by molar-refractivity contribution is 5.75. The third-order valence-corrected chi connectivity index (χ3v) is 3.53. The van der Waals surface area contributed by atoms with E-state index in [0.29, 0.717) is 19.6 Å². The Morgan fingerprint density at radius 1 is 1.43 bits per heavy atom. The van der Waals surface area contributed by atoms with E-state index in [1.54, 1.807) is 12.0 Å². The fraction of sp³-hybridized carbons (Fsp3) is 0.467. The van der Waals surface area contributed by atoms with Gasteiger partial charge in [-0.3, -0.25) is 4.79 Å². The molecule has 0 spiro atoms. The highest BCUT2D eigenvalue weighted by atomic mass is 16.5. The number of urea groups is 1. The monoisotopic (exact) mass is 292 g/mol. The van der Waals surface area contributed by atoms with Gasteiger partial charge in [0.05, 0.1) is 13.5 Å². The van der Waals surface area contributed by atoms with Gasteiger partial charge in [-0.05, 0) is 24.1 Å². The molecule has 1 heterocycles. The summed E-state index contributed by atoms with van der Waals surface area (Å²) in [6, 6.07) is 7.60. The number of benzene rings is 1. The minimum Gasteiger partial charge on any atom is -0.497 e. The van der Waals surface area contributed by atoms with Gasteiger partial charge in [-0.15, -0.1) is 0 Å². The van der Waals surface area contributed by atoms with Gasteiger partial charge in [-0.1, -0.05) is 12.1 Å². The third-order valence-electron chi connectivity index (χ3n) is 3.53. The van der Waals surface area contributed by atoms with Crippen LogP contribution in [0.2, 0.25) is 0 Å². The molecule has 6 nitrogen and oxygen atoms in total. The number of hydrogen-bond donors (Lipinski definition) is 2. The number of ether oxygens (including phenoxy) is 1. The van der Waals surface area contributed by atoms with Gasteiger partial charge < -0.3 is 20.1 Å². The van der Waals surface area contributed by atoms with Crippen molar-refractivity contribution in [3.63, 3.8) is 0 Å². The van der Waals surface area contributed by atoms with Crippen LogP contribution in [-0.2, 0) is 11.2 Å². The number of methoxy groups -OCH3 is 1. The molecule has 114 valence electrons. The molecule has 1 aliphatic heterocycles. The lowest BCUT2D eigenvalue weighted by Crippen LogP contribution is -2.54. The zero-order valence-electron chi connectivity index (χ0n) is 12.0. The van der Waals surface area contributed by atoms with Crippen LogP contribution in [0.4, 0.5) is 4.79 Å². The smallest absolute Gasteiger partial charge is 0.317 e. The Bertz CT molecular complexity index is 512. The van der Waals surface area contributed by atoms with Crippen LogP contribution in [0.5, 0.6) is 5.75 Å². The topological polar surface area (TPSA) is 78.9 Å². The first kappa shape index (κ1) is 15.2. The normalized spacial score (nSPS) is 14.4. The highest BCUT2D eigenvalue weighted by Crippen LogP contribution is 2.18. The predicted octanol–water partition coefficient (Wildman–Crippen LogP) is 1.35. The van der Waals surface area contributed by atoms with E-state index in [4.69, 9.17) is 9.84 Å². The molecule has 1 aliphatic rings. The average Bonchev–Trinajstić information content (AvgIpc) is 2.42. The summed E-state index contributed by atoms with van der Waals surface area (Å²) in [6.07, 6.45) is 0.864. The first-order valence-corrected chi connectivity index (χ1v) is 6.96. The van der Waals surface area contributed by atoms with Crippen LogP contribution in [-0.4, -0.2) is 48.8 Å². The van der Waals surface area contributed by atoms with Crippen LogP contribution in [0.3, 0.4) is 0 Å². The number of nitrogens with zero attached hydrogens (tertiary/aromatic N) is 1. The van der Waals surface area contributed by atoms with Crippen LogP contribution < -0.4 is 10.1 Å². The molecule has 2 amide bonds. The van der Waals surface area contributed by atoms with Crippen molar-refractivity contribution in [3.05, 3.63) is 29.8 Å². The number of carbonyl (C=O) groups is 2. The largest absolute Gasteiger partial charge is 0.497 e. The molecule has 21 heavy (non-hydrogen) atoms. The minimum absolute atomic E-state index is 0.0895. The van der Waals surface area contributed by atoms with E-state index >= 15 is 0 Å². The minimum atomic E-state index is -0.807. The number of nitrogens with one attached hydrogen (secondary N) is 1. The molecule has 0 aromatic heterocycles. The van der Waals surface area contributed by atoms with Crippen molar-refractivity contribution in [1.82, 2.24) is 10.2 Å².